The number of hydrogen-bond acceptors (Lipinski definition) is 3. The number of aromatic nitrogens is 3. The number of hydrogen-bond donors (Lipinski definition) is 1. The third-order valence-corrected chi connectivity index (χ3v) is 4.26. The van der Waals surface area contributed by atoms with E-state index in [0.29, 0.717) is 29.7 Å². The van der Waals surface area contributed by atoms with Crippen LogP contribution in [-0.2, 0) is 12.6 Å². The molecule has 0 radical (unpaired) electrons. The Hall–Kier alpha value is -2.42. The van der Waals surface area contributed by atoms with Crippen molar-refractivity contribution in [3.8, 4) is 0 Å². The molecule has 26 heavy (non-hydrogen) atoms. The van der Waals surface area contributed by atoms with Gasteiger partial charge in [0, 0.05) is 16.9 Å². The van der Waals surface area contributed by atoms with E-state index < -0.39 is 17.6 Å². The standard InChI is InChI=1S/C17H14BrF3N4O/c1-3-12-14(25-8-11(18)6-9(2)15(25)23-12)16(26)24-13-5-4-10(7-22-13)17(19,20)21/h4-8H,3H2,1-2H3,(H,22,24,26). The SMILES string of the molecule is CCc1nc2c(C)cc(Br)cn2c1C(=O)Nc1ccc(C(F)(F)F)cn1. The largest absolute Gasteiger partial charge is 0.417 e. The average Bonchev–Trinajstić information content (AvgIpc) is 2.93. The number of aryl methyl sites for hydroxylation is 2. The second-order valence-electron chi connectivity index (χ2n) is 5.68. The van der Waals surface area contributed by atoms with Gasteiger partial charge < -0.3 is 5.32 Å². The van der Waals surface area contributed by atoms with E-state index in [1.54, 1.807) is 10.6 Å². The molecule has 0 fully saturated rings. The van der Waals surface area contributed by atoms with Gasteiger partial charge in [-0.2, -0.15) is 13.2 Å². The smallest absolute Gasteiger partial charge is 0.305 e. The molecule has 0 saturated carbocycles. The highest BCUT2D eigenvalue weighted by Gasteiger charge is 2.30. The Morgan fingerprint density at radius 3 is 2.65 bits per heavy atom. The van der Waals surface area contributed by atoms with Crippen molar-refractivity contribution < 1.29 is 18.0 Å². The van der Waals surface area contributed by atoms with Gasteiger partial charge in [0.05, 0.1) is 11.3 Å². The lowest BCUT2D eigenvalue weighted by Gasteiger charge is -2.09. The van der Waals surface area contributed by atoms with Crippen LogP contribution in [0.25, 0.3) is 5.65 Å². The Balaban J connectivity index is 1.97. The van der Waals surface area contributed by atoms with Crippen LogP contribution < -0.4 is 5.32 Å². The van der Waals surface area contributed by atoms with Crippen molar-refractivity contribution in [3.05, 3.63) is 57.6 Å². The zero-order chi connectivity index (χ0) is 19.1. The molecule has 0 aromatic carbocycles. The van der Waals surface area contributed by atoms with E-state index in [9.17, 15) is 18.0 Å². The summed E-state index contributed by atoms with van der Waals surface area (Å²) in [5, 5.41) is 2.54. The van der Waals surface area contributed by atoms with Gasteiger partial charge in [-0.1, -0.05) is 6.92 Å². The molecule has 3 rings (SSSR count). The van der Waals surface area contributed by atoms with Crippen LogP contribution in [0.2, 0.25) is 0 Å². The minimum Gasteiger partial charge on any atom is -0.305 e. The Kier molecular flexibility index (Phi) is 4.74. The summed E-state index contributed by atoms with van der Waals surface area (Å²) in [6, 6.07) is 3.89. The van der Waals surface area contributed by atoms with Gasteiger partial charge in [0.15, 0.2) is 0 Å². The number of fused-ring (bicyclic) bond motifs is 1. The fourth-order valence-electron chi connectivity index (χ4n) is 2.61. The van der Waals surface area contributed by atoms with Crippen molar-refractivity contribution in [1.29, 1.82) is 0 Å². The molecule has 1 amide bonds. The van der Waals surface area contributed by atoms with Gasteiger partial charge in [0.25, 0.3) is 5.91 Å². The minimum atomic E-state index is -4.48. The predicted molar refractivity (Wildman–Crippen MR) is 94.2 cm³/mol. The number of halogens is 4. The van der Waals surface area contributed by atoms with E-state index >= 15 is 0 Å². The van der Waals surface area contributed by atoms with Crippen LogP contribution in [0.4, 0.5) is 19.0 Å². The van der Waals surface area contributed by atoms with Gasteiger partial charge in [0.2, 0.25) is 0 Å². The topological polar surface area (TPSA) is 59.3 Å². The second-order valence-corrected chi connectivity index (χ2v) is 6.60. The summed E-state index contributed by atoms with van der Waals surface area (Å²) in [4.78, 5) is 20.9. The van der Waals surface area contributed by atoms with Gasteiger partial charge in [-0.15, -0.1) is 0 Å². The molecule has 0 spiro atoms. The fraction of sp³-hybridized carbons (Fsp3) is 0.235. The van der Waals surface area contributed by atoms with E-state index in [0.717, 1.165) is 22.2 Å². The van der Waals surface area contributed by atoms with E-state index in [-0.39, 0.29) is 5.82 Å². The molecule has 0 bridgehead atoms. The molecule has 9 heteroatoms. The van der Waals surface area contributed by atoms with Crippen molar-refractivity contribution in [2.75, 3.05) is 5.32 Å². The molecule has 1 N–H and O–H groups in total. The maximum atomic E-state index is 12.7. The third kappa shape index (κ3) is 3.44. The summed E-state index contributed by atoms with van der Waals surface area (Å²) in [7, 11) is 0. The van der Waals surface area contributed by atoms with Crippen molar-refractivity contribution >= 4 is 33.3 Å². The first kappa shape index (κ1) is 18.4. The number of amides is 1. The van der Waals surface area contributed by atoms with E-state index in [4.69, 9.17) is 0 Å². The summed E-state index contributed by atoms with van der Waals surface area (Å²) in [5.41, 5.74) is 1.58. The Morgan fingerprint density at radius 1 is 1.35 bits per heavy atom. The molecule has 0 atom stereocenters. The van der Waals surface area contributed by atoms with Crippen LogP contribution in [0, 0.1) is 6.92 Å². The lowest BCUT2D eigenvalue weighted by atomic mass is 10.2. The molecule has 0 saturated heterocycles. The summed E-state index contributed by atoms with van der Waals surface area (Å²) in [6.07, 6.45) is -1.53. The number of carbonyl (C=O) groups excluding carboxylic acids is 1. The zero-order valence-electron chi connectivity index (χ0n) is 13.9. The van der Waals surface area contributed by atoms with Crippen molar-refractivity contribution in [1.82, 2.24) is 14.4 Å². The maximum Gasteiger partial charge on any atom is 0.417 e. The molecule has 0 aliphatic rings. The van der Waals surface area contributed by atoms with Crippen LogP contribution in [0.1, 0.15) is 34.2 Å². The lowest BCUT2D eigenvalue weighted by molar-refractivity contribution is -0.137. The van der Waals surface area contributed by atoms with Gasteiger partial charge in [-0.25, -0.2) is 9.97 Å². The molecule has 0 aliphatic heterocycles. The Bertz CT molecular complexity index is 980. The molecule has 3 aromatic heterocycles. The minimum absolute atomic E-state index is 0.0340. The highest BCUT2D eigenvalue weighted by molar-refractivity contribution is 9.10. The van der Waals surface area contributed by atoms with Gasteiger partial charge in [0.1, 0.15) is 17.2 Å². The molecule has 0 unspecified atom stereocenters. The monoisotopic (exact) mass is 426 g/mol. The van der Waals surface area contributed by atoms with Crippen LogP contribution in [-0.4, -0.2) is 20.3 Å². The van der Waals surface area contributed by atoms with Crippen molar-refractivity contribution in [3.63, 3.8) is 0 Å². The highest BCUT2D eigenvalue weighted by atomic mass is 79.9. The molecule has 3 heterocycles. The maximum absolute atomic E-state index is 12.7. The van der Waals surface area contributed by atoms with E-state index in [2.05, 4.69) is 31.2 Å². The summed E-state index contributed by atoms with van der Waals surface area (Å²) in [6.45, 7) is 3.75. The molecule has 136 valence electrons. The van der Waals surface area contributed by atoms with Crippen LogP contribution in [0.15, 0.2) is 35.1 Å². The number of rotatable bonds is 3. The number of anilines is 1. The number of imidazole rings is 1. The summed E-state index contributed by atoms with van der Waals surface area (Å²) >= 11 is 3.39. The molecular weight excluding hydrogens is 413 g/mol. The van der Waals surface area contributed by atoms with Crippen LogP contribution >= 0.6 is 15.9 Å². The molecule has 5 nitrogen and oxygen atoms in total. The van der Waals surface area contributed by atoms with E-state index in [1.165, 1.54) is 0 Å². The highest BCUT2D eigenvalue weighted by Crippen LogP contribution is 2.29. The number of carbonyl (C=O) groups is 1. The van der Waals surface area contributed by atoms with Gasteiger partial charge in [-0.3, -0.25) is 9.20 Å². The first-order chi connectivity index (χ1) is 12.2. The first-order valence-electron chi connectivity index (χ1n) is 7.72. The van der Waals surface area contributed by atoms with Gasteiger partial charge >= 0.3 is 6.18 Å². The Labute approximate surface area is 155 Å². The van der Waals surface area contributed by atoms with E-state index in [1.807, 2.05) is 19.9 Å². The molecule has 0 aliphatic carbocycles. The normalized spacial score (nSPS) is 11.8. The lowest BCUT2D eigenvalue weighted by Crippen LogP contribution is -2.17. The van der Waals surface area contributed by atoms with Crippen LogP contribution in [0.5, 0.6) is 0 Å². The number of pyridine rings is 2. The fourth-order valence-corrected chi connectivity index (χ4v) is 3.16. The quantitative estimate of drug-likeness (QED) is 0.663. The third-order valence-electron chi connectivity index (χ3n) is 3.83. The van der Waals surface area contributed by atoms with Crippen molar-refractivity contribution in [2.24, 2.45) is 0 Å². The van der Waals surface area contributed by atoms with Crippen molar-refractivity contribution in [2.45, 2.75) is 26.4 Å². The molecular formula is C17H14BrF3N4O. The second kappa shape index (κ2) is 6.71. The predicted octanol–water partition coefficient (Wildman–Crippen LogP) is 4.63. The average molecular weight is 427 g/mol. The summed E-state index contributed by atoms with van der Waals surface area (Å²) < 4.78 is 40.3. The summed E-state index contributed by atoms with van der Waals surface area (Å²) in [5.74, 6) is -0.453. The Morgan fingerprint density at radius 2 is 2.08 bits per heavy atom. The number of nitrogens with one attached hydrogen (secondary N) is 1. The molecule has 3 aromatic rings. The van der Waals surface area contributed by atoms with Crippen LogP contribution in [0.3, 0.4) is 0 Å². The number of nitrogens with zero attached hydrogens (tertiary/aromatic N) is 3. The van der Waals surface area contributed by atoms with Gasteiger partial charge in [-0.05, 0) is 53.0 Å². The number of alkyl halides is 3. The first-order valence-corrected chi connectivity index (χ1v) is 8.51. The zero-order valence-corrected chi connectivity index (χ0v) is 15.4.